The quantitative estimate of drug-likeness (QED) is 0.709. The molecule has 3 aromatic carbocycles. The van der Waals surface area contributed by atoms with E-state index >= 15 is 0 Å². The minimum Gasteiger partial charge on any atom is -0.496 e. The zero-order valence-corrected chi connectivity index (χ0v) is 15.3. The van der Waals surface area contributed by atoms with Crippen LogP contribution in [0.15, 0.2) is 60.7 Å². The molecule has 26 heavy (non-hydrogen) atoms. The minimum absolute atomic E-state index is 0.0851. The molecule has 4 heteroatoms. The van der Waals surface area contributed by atoms with Gasteiger partial charge >= 0.3 is 0 Å². The fourth-order valence-electron chi connectivity index (χ4n) is 2.80. The van der Waals surface area contributed by atoms with Gasteiger partial charge in [0.05, 0.1) is 7.11 Å². The molecular weight excluding hydrogens is 326 g/mol. The lowest BCUT2D eigenvalue weighted by atomic mass is 10.1. The summed E-state index contributed by atoms with van der Waals surface area (Å²) in [6, 6.07) is 19.6. The molecule has 1 amide bonds. The van der Waals surface area contributed by atoms with Gasteiger partial charge in [-0.15, -0.1) is 0 Å². The van der Waals surface area contributed by atoms with Crippen molar-refractivity contribution in [2.75, 3.05) is 7.11 Å². The molecule has 4 nitrogen and oxygen atoms in total. The number of carbonyl (C=O) groups is 1. The molecule has 0 saturated carbocycles. The number of ether oxygens (including phenoxy) is 2. The Morgan fingerprint density at radius 2 is 1.77 bits per heavy atom. The Kier molecular flexibility index (Phi) is 5.42. The summed E-state index contributed by atoms with van der Waals surface area (Å²) in [5.74, 6) is 1.38. The lowest BCUT2D eigenvalue weighted by Crippen LogP contribution is -2.30. The maximum Gasteiger partial charge on any atom is 0.251 e. The Morgan fingerprint density at radius 3 is 2.50 bits per heavy atom. The molecule has 0 spiro atoms. The topological polar surface area (TPSA) is 47.6 Å². The molecule has 0 aliphatic heterocycles. The molecule has 0 bridgehead atoms. The molecule has 0 aliphatic rings. The van der Waals surface area contributed by atoms with Crippen molar-refractivity contribution in [3.63, 3.8) is 0 Å². The predicted octanol–water partition coefficient (Wildman–Crippen LogP) is 4.57. The maximum absolute atomic E-state index is 12.2. The molecule has 0 saturated heterocycles. The standard InChI is InChI=1S/C22H23NO3/c1-15(2)23-22(24)18-9-11-21(25-3)19(12-18)14-26-20-10-8-16-6-4-5-7-17(16)13-20/h4-13,15H,14H2,1-3H3,(H,23,24). The van der Waals surface area contributed by atoms with Crippen LogP contribution in [0.2, 0.25) is 0 Å². The van der Waals surface area contributed by atoms with E-state index in [0.717, 1.165) is 16.7 Å². The Bertz CT molecular complexity index is 918. The van der Waals surface area contributed by atoms with Gasteiger partial charge in [0.15, 0.2) is 0 Å². The van der Waals surface area contributed by atoms with Crippen LogP contribution in [0, 0.1) is 0 Å². The van der Waals surface area contributed by atoms with E-state index in [1.165, 1.54) is 5.39 Å². The van der Waals surface area contributed by atoms with Crippen molar-refractivity contribution in [1.29, 1.82) is 0 Å². The van der Waals surface area contributed by atoms with Crippen LogP contribution in [-0.2, 0) is 6.61 Å². The van der Waals surface area contributed by atoms with Gasteiger partial charge in [0.1, 0.15) is 18.1 Å². The maximum atomic E-state index is 12.2. The van der Waals surface area contributed by atoms with E-state index in [1.54, 1.807) is 19.2 Å². The smallest absolute Gasteiger partial charge is 0.251 e. The van der Waals surface area contributed by atoms with Crippen LogP contribution in [0.4, 0.5) is 0 Å². The number of fused-ring (bicyclic) bond motifs is 1. The molecule has 3 rings (SSSR count). The highest BCUT2D eigenvalue weighted by molar-refractivity contribution is 5.94. The molecule has 134 valence electrons. The van der Waals surface area contributed by atoms with Crippen molar-refractivity contribution in [3.05, 3.63) is 71.8 Å². The van der Waals surface area contributed by atoms with Gasteiger partial charge in [-0.25, -0.2) is 0 Å². The summed E-state index contributed by atoms with van der Waals surface area (Å²) in [7, 11) is 1.61. The van der Waals surface area contributed by atoms with Gasteiger partial charge in [0.25, 0.3) is 5.91 Å². The molecule has 0 fully saturated rings. The van der Waals surface area contributed by atoms with Crippen molar-refractivity contribution in [2.24, 2.45) is 0 Å². The summed E-state index contributed by atoms with van der Waals surface area (Å²) in [4.78, 5) is 12.2. The third kappa shape index (κ3) is 4.14. The highest BCUT2D eigenvalue weighted by Gasteiger charge is 2.12. The Morgan fingerprint density at radius 1 is 1.00 bits per heavy atom. The van der Waals surface area contributed by atoms with Crippen molar-refractivity contribution < 1.29 is 14.3 Å². The molecule has 3 aromatic rings. The summed E-state index contributed by atoms with van der Waals surface area (Å²) >= 11 is 0. The third-order valence-electron chi connectivity index (χ3n) is 4.08. The number of carbonyl (C=O) groups excluding carboxylic acids is 1. The summed E-state index contributed by atoms with van der Waals surface area (Å²) in [6.07, 6.45) is 0. The first-order valence-electron chi connectivity index (χ1n) is 8.66. The van der Waals surface area contributed by atoms with E-state index in [-0.39, 0.29) is 11.9 Å². The summed E-state index contributed by atoms with van der Waals surface area (Å²) in [6.45, 7) is 4.20. The highest BCUT2D eigenvalue weighted by Crippen LogP contribution is 2.25. The normalized spacial score (nSPS) is 10.8. The van der Waals surface area contributed by atoms with Crippen molar-refractivity contribution >= 4 is 16.7 Å². The number of hydrogen-bond acceptors (Lipinski definition) is 3. The van der Waals surface area contributed by atoms with E-state index in [1.807, 2.05) is 50.2 Å². The molecule has 0 heterocycles. The molecule has 0 unspecified atom stereocenters. The van der Waals surface area contributed by atoms with Crippen molar-refractivity contribution in [1.82, 2.24) is 5.32 Å². The first-order valence-corrected chi connectivity index (χ1v) is 8.66. The number of methoxy groups -OCH3 is 1. The van der Waals surface area contributed by atoms with Crippen LogP contribution in [-0.4, -0.2) is 19.1 Å². The first kappa shape index (κ1) is 17.8. The average molecular weight is 349 g/mol. The second-order valence-corrected chi connectivity index (χ2v) is 6.45. The third-order valence-corrected chi connectivity index (χ3v) is 4.08. The van der Waals surface area contributed by atoms with E-state index in [2.05, 4.69) is 17.4 Å². The number of benzene rings is 3. The molecular formula is C22H23NO3. The fraction of sp³-hybridized carbons (Fsp3) is 0.227. The van der Waals surface area contributed by atoms with Crippen molar-refractivity contribution in [2.45, 2.75) is 26.5 Å². The van der Waals surface area contributed by atoms with Crippen LogP contribution in [0.25, 0.3) is 10.8 Å². The SMILES string of the molecule is COc1ccc(C(=O)NC(C)C)cc1COc1ccc2ccccc2c1. The molecule has 0 radical (unpaired) electrons. The molecule has 0 aromatic heterocycles. The zero-order chi connectivity index (χ0) is 18.5. The van der Waals surface area contributed by atoms with Crippen LogP contribution in [0.5, 0.6) is 11.5 Å². The Hall–Kier alpha value is -3.01. The predicted molar refractivity (Wildman–Crippen MR) is 104 cm³/mol. The monoisotopic (exact) mass is 349 g/mol. The first-order chi connectivity index (χ1) is 12.6. The van der Waals surface area contributed by atoms with Gasteiger partial charge in [0.2, 0.25) is 0 Å². The summed E-state index contributed by atoms with van der Waals surface area (Å²) in [5.41, 5.74) is 1.42. The number of amides is 1. The second-order valence-electron chi connectivity index (χ2n) is 6.45. The second kappa shape index (κ2) is 7.91. The molecule has 1 N–H and O–H groups in total. The van der Waals surface area contributed by atoms with E-state index in [4.69, 9.17) is 9.47 Å². The summed E-state index contributed by atoms with van der Waals surface area (Å²) < 4.78 is 11.4. The molecule has 0 atom stereocenters. The lowest BCUT2D eigenvalue weighted by molar-refractivity contribution is 0.0943. The van der Waals surface area contributed by atoms with Crippen molar-refractivity contribution in [3.8, 4) is 11.5 Å². The average Bonchev–Trinajstić information content (AvgIpc) is 2.65. The summed E-state index contributed by atoms with van der Waals surface area (Å²) in [5, 5.41) is 5.20. The largest absolute Gasteiger partial charge is 0.496 e. The molecule has 0 aliphatic carbocycles. The van der Waals surface area contributed by atoms with Gasteiger partial charge in [-0.1, -0.05) is 30.3 Å². The van der Waals surface area contributed by atoms with Crippen LogP contribution < -0.4 is 14.8 Å². The number of hydrogen-bond donors (Lipinski definition) is 1. The number of rotatable bonds is 6. The van der Waals surface area contributed by atoms with Gasteiger partial charge < -0.3 is 14.8 Å². The van der Waals surface area contributed by atoms with E-state index in [0.29, 0.717) is 17.9 Å². The van der Waals surface area contributed by atoms with Gasteiger partial charge in [-0.2, -0.15) is 0 Å². The zero-order valence-electron chi connectivity index (χ0n) is 15.3. The minimum atomic E-state index is -0.102. The van der Waals surface area contributed by atoms with Crippen LogP contribution >= 0.6 is 0 Å². The Labute approximate surface area is 153 Å². The van der Waals surface area contributed by atoms with Gasteiger partial charge in [-0.3, -0.25) is 4.79 Å². The van der Waals surface area contributed by atoms with Gasteiger partial charge in [-0.05, 0) is 55.0 Å². The van der Waals surface area contributed by atoms with Gasteiger partial charge in [0, 0.05) is 17.2 Å². The number of nitrogens with one attached hydrogen (secondary N) is 1. The van der Waals surface area contributed by atoms with Crippen LogP contribution in [0.1, 0.15) is 29.8 Å². The van der Waals surface area contributed by atoms with Crippen LogP contribution in [0.3, 0.4) is 0 Å². The lowest BCUT2D eigenvalue weighted by Gasteiger charge is -2.13. The van der Waals surface area contributed by atoms with E-state index < -0.39 is 0 Å². The fourth-order valence-corrected chi connectivity index (χ4v) is 2.80. The highest BCUT2D eigenvalue weighted by atomic mass is 16.5. The van der Waals surface area contributed by atoms with E-state index in [9.17, 15) is 4.79 Å². The Balaban J connectivity index is 1.79.